The highest BCUT2D eigenvalue weighted by Crippen LogP contribution is 2.33. The van der Waals surface area contributed by atoms with Crippen molar-refractivity contribution < 1.29 is 22.3 Å². The first kappa shape index (κ1) is 39.7. The number of alkyl halides is 3. The maximum Gasteiger partial charge on any atom is 0.416 e. The van der Waals surface area contributed by atoms with Crippen molar-refractivity contribution in [2.24, 2.45) is 5.92 Å². The normalized spacial score (nSPS) is 20.6. The summed E-state index contributed by atoms with van der Waals surface area (Å²) in [4.78, 5) is 4.81. The summed E-state index contributed by atoms with van der Waals surface area (Å²) in [6.45, 7) is 19.0. The summed E-state index contributed by atoms with van der Waals surface area (Å²) in [7, 11) is 4.01. The van der Waals surface area contributed by atoms with Gasteiger partial charge in [0.25, 0.3) is 0 Å². The van der Waals surface area contributed by atoms with E-state index in [0.29, 0.717) is 11.6 Å². The summed E-state index contributed by atoms with van der Waals surface area (Å²) in [5.41, 5.74) is 0.934. The molecule has 0 spiro atoms. The van der Waals surface area contributed by atoms with E-state index in [-0.39, 0.29) is 5.83 Å². The van der Waals surface area contributed by atoms with Crippen LogP contribution in [0, 0.1) is 12.8 Å². The fourth-order valence-corrected chi connectivity index (χ4v) is 5.06. The third-order valence-corrected chi connectivity index (χ3v) is 7.52. The van der Waals surface area contributed by atoms with Crippen LogP contribution in [0.2, 0.25) is 0 Å². The monoisotopic (exact) mass is 599 g/mol. The van der Waals surface area contributed by atoms with Crippen molar-refractivity contribution in [1.82, 2.24) is 15.1 Å². The lowest BCUT2D eigenvalue weighted by Gasteiger charge is -2.31. The number of likely N-dealkylation sites (N-methyl/N-ethyl adjacent to an activating group) is 1. The molecule has 8 heteroatoms. The average molecular weight is 600 g/mol. The lowest BCUT2D eigenvalue weighted by atomic mass is 9.92. The Kier molecular flexibility index (Phi) is 21.0. The summed E-state index contributed by atoms with van der Waals surface area (Å²) >= 11 is 0. The fraction of sp³-hybridized carbons (Fsp3) is 0.647. The van der Waals surface area contributed by atoms with Gasteiger partial charge in [-0.1, -0.05) is 44.2 Å². The smallest absolute Gasteiger partial charge is 0.385 e. The van der Waals surface area contributed by atoms with E-state index in [9.17, 15) is 17.6 Å². The first-order chi connectivity index (χ1) is 19.9. The zero-order valence-electron chi connectivity index (χ0n) is 27.4. The minimum atomic E-state index is -4.21. The van der Waals surface area contributed by atoms with E-state index in [1.165, 1.54) is 63.7 Å². The van der Waals surface area contributed by atoms with Gasteiger partial charge in [0.1, 0.15) is 0 Å². The van der Waals surface area contributed by atoms with Crippen LogP contribution in [0.15, 0.2) is 60.7 Å². The SMILES string of the molecule is C/C=C/N(CC)CCOC.C=C(/C=C(\C)F)NCC1CCC2CCC(CC1)N2C.CC.Cc1ccc(C(F)(F)F)cc1. The van der Waals surface area contributed by atoms with Gasteiger partial charge in [-0.05, 0) is 104 Å². The number of benzene rings is 1. The molecule has 1 aromatic rings. The molecule has 0 amide bonds. The maximum absolute atomic E-state index is 12.7. The van der Waals surface area contributed by atoms with Crippen LogP contribution >= 0.6 is 0 Å². The highest BCUT2D eigenvalue weighted by atomic mass is 19.4. The van der Waals surface area contributed by atoms with E-state index in [1.54, 1.807) is 14.0 Å². The first-order valence-electron chi connectivity index (χ1n) is 15.4. The molecular formula is C34H57F4N3O. The highest BCUT2D eigenvalue weighted by Gasteiger charge is 2.33. The second-order valence-corrected chi connectivity index (χ2v) is 10.7. The molecule has 0 radical (unpaired) electrons. The van der Waals surface area contributed by atoms with Crippen molar-refractivity contribution in [2.75, 3.05) is 40.4 Å². The van der Waals surface area contributed by atoms with Gasteiger partial charge < -0.3 is 19.9 Å². The lowest BCUT2D eigenvalue weighted by Crippen LogP contribution is -2.36. The van der Waals surface area contributed by atoms with Gasteiger partial charge in [0.05, 0.1) is 18.0 Å². The van der Waals surface area contributed by atoms with Gasteiger partial charge in [0.15, 0.2) is 0 Å². The Morgan fingerprint density at radius 1 is 1.07 bits per heavy atom. The number of allylic oxidation sites excluding steroid dienone is 3. The van der Waals surface area contributed by atoms with Crippen LogP contribution in [0.3, 0.4) is 0 Å². The molecule has 42 heavy (non-hydrogen) atoms. The third-order valence-electron chi connectivity index (χ3n) is 7.52. The Labute approximate surface area is 253 Å². The number of methoxy groups -OCH3 is 1. The zero-order chi connectivity index (χ0) is 32.1. The summed E-state index contributed by atoms with van der Waals surface area (Å²) in [5.74, 6) is 0.525. The van der Waals surface area contributed by atoms with Crippen LogP contribution < -0.4 is 5.32 Å². The fourth-order valence-electron chi connectivity index (χ4n) is 5.06. The zero-order valence-corrected chi connectivity index (χ0v) is 27.4. The maximum atomic E-state index is 12.7. The number of fused-ring (bicyclic) bond motifs is 2. The second kappa shape index (κ2) is 22.3. The molecule has 2 aliphatic heterocycles. The van der Waals surface area contributed by atoms with E-state index in [2.05, 4.69) is 41.9 Å². The van der Waals surface area contributed by atoms with E-state index in [0.717, 1.165) is 56.0 Å². The van der Waals surface area contributed by atoms with E-state index in [1.807, 2.05) is 26.8 Å². The molecule has 0 saturated carbocycles. The molecule has 242 valence electrons. The van der Waals surface area contributed by atoms with Crippen molar-refractivity contribution in [3.8, 4) is 0 Å². The molecule has 1 aromatic carbocycles. The number of nitrogens with one attached hydrogen (secondary N) is 1. The molecule has 2 atom stereocenters. The van der Waals surface area contributed by atoms with Crippen LogP contribution in [-0.2, 0) is 10.9 Å². The predicted molar refractivity (Wildman–Crippen MR) is 170 cm³/mol. The van der Waals surface area contributed by atoms with Gasteiger partial charge in [0.2, 0.25) is 0 Å². The number of aryl methyl sites for hydroxylation is 1. The number of halogens is 4. The van der Waals surface area contributed by atoms with Gasteiger partial charge in [-0.25, -0.2) is 4.39 Å². The second-order valence-electron chi connectivity index (χ2n) is 10.7. The van der Waals surface area contributed by atoms with Crippen LogP contribution in [0.5, 0.6) is 0 Å². The minimum absolute atomic E-state index is 0.185. The van der Waals surface area contributed by atoms with Crippen molar-refractivity contribution in [2.45, 2.75) is 98.3 Å². The summed E-state index contributed by atoms with van der Waals surface area (Å²) < 4.78 is 53.4. The van der Waals surface area contributed by atoms with Gasteiger partial charge in [-0.2, -0.15) is 13.2 Å². The van der Waals surface area contributed by atoms with Crippen LogP contribution in [-0.4, -0.2) is 62.3 Å². The molecule has 0 aliphatic carbocycles. The number of nitrogens with zero attached hydrogens (tertiary/aromatic N) is 2. The van der Waals surface area contributed by atoms with Gasteiger partial charge in [-0.15, -0.1) is 0 Å². The summed E-state index contributed by atoms with van der Waals surface area (Å²) in [6, 6.07) is 6.64. The number of ether oxygens (including phenoxy) is 1. The van der Waals surface area contributed by atoms with Crippen molar-refractivity contribution >= 4 is 0 Å². The molecule has 2 saturated heterocycles. The van der Waals surface area contributed by atoms with Crippen LogP contribution in [0.4, 0.5) is 17.6 Å². The Hall–Kier alpha value is -2.32. The third kappa shape index (κ3) is 17.0. The largest absolute Gasteiger partial charge is 0.416 e. The standard InChI is InChI=1S/C16H27FN2.C8H7F3.C8H17NO.C2H6/c1-12(17)10-13(2)18-11-14-4-6-15-8-9-16(7-5-14)19(15)3;1-6-2-4-7(5-3-6)8(9,10)11;1-4-6-9(5-2)7-8-10-3;1-2/h10,14-16,18H,2,4-9,11H2,1,3H3;2-5H,1H3;4,6H,5,7-8H2,1-3H3;1-2H3/b12-10+;;6-4+;. The minimum Gasteiger partial charge on any atom is -0.385 e. The molecular weight excluding hydrogens is 542 g/mol. The molecule has 2 heterocycles. The summed E-state index contributed by atoms with van der Waals surface area (Å²) in [6.07, 6.45) is 9.30. The molecule has 0 aromatic heterocycles. The van der Waals surface area contributed by atoms with E-state index < -0.39 is 11.7 Å². The van der Waals surface area contributed by atoms with Crippen molar-refractivity contribution in [3.05, 3.63) is 71.8 Å². The van der Waals surface area contributed by atoms with Crippen LogP contribution in [0.1, 0.15) is 84.3 Å². The van der Waals surface area contributed by atoms with Crippen LogP contribution in [0.25, 0.3) is 0 Å². The molecule has 4 nitrogen and oxygen atoms in total. The molecule has 1 N–H and O–H groups in total. The van der Waals surface area contributed by atoms with Gasteiger partial charge >= 0.3 is 6.18 Å². The quantitative estimate of drug-likeness (QED) is 0.226. The highest BCUT2D eigenvalue weighted by molar-refractivity contribution is 5.23. The first-order valence-corrected chi connectivity index (χ1v) is 15.4. The molecule has 2 aliphatic rings. The Bertz CT molecular complexity index is 879. The number of hydrogen-bond acceptors (Lipinski definition) is 4. The number of rotatable bonds is 9. The topological polar surface area (TPSA) is 27.7 Å². The number of hydrogen-bond donors (Lipinski definition) is 1. The lowest BCUT2D eigenvalue weighted by molar-refractivity contribution is -0.137. The Morgan fingerprint density at radius 2 is 1.60 bits per heavy atom. The molecule has 2 bridgehead atoms. The Morgan fingerprint density at radius 3 is 2.02 bits per heavy atom. The van der Waals surface area contributed by atoms with Crippen molar-refractivity contribution in [3.63, 3.8) is 0 Å². The molecule has 2 fully saturated rings. The Balaban J connectivity index is 0.000000628. The van der Waals surface area contributed by atoms with E-state index in [4.69, 9.17) is 4.74 Å². The van der Waals surface area contributed by atoms with Gasteiger partial charge in [-0.3, -0.25) is 0 Å². The molecule has 2 unspecified atom stereocenters. The summed E-state index contributed by atoms with van der Waals surface area (Å²) in [5, 5.41) is 3.27. The average Bonchev–Trinajstić information content (AvgIpc) is 3.34. The van der Waals surface area contributed by atoms with Gasteiger partial charge in [0, 0.05) is 44.5 Å². The predicted octanol–water partition coefficient (Wildman–Crippen LogP) is 9.14. The van der Waals surface area contributed by atoms with Crippen molar-refractivity contribution in [1.29, 1.82) is 0 Å². The molecule has 3 rings (SSSR count). The van der Waals surface area contributed by atoms with E-state index >= 15 is 0 Å².